The average Bonchev–Trinajstić information content (AvgIpc) is 2.72. The molecule has 1 fully saturated rings. The van der Waals surface area contributed by atoms with E-state index in [0.717, 1.165) is 32.5 Å². The summed E-state index contributed by atoms with van der Waals surface area (Å²) in [6, 6.07) is 14.6. The number of hydrogen-bond acceptors (Lipinski definition) is 3. The number of rotatable bonds is 7. The quantitative estimate of drug-likeness (QED) is 0.613. The Balaban J connectivity index is 1.55. The van der Waals surface area contributed by atoms with Crippen LogP contribution in [0.15, 0.2) is 48.5 Å². The van der Waals surface area contributed by atoms with Crippen molar-refractivity contribution in [1.29, 1.82) is 0 Å². The monoisotopic (exact) mass is 383 g/mol. The Morgan fingerprint density at radius 3 is 2.14 bits per heavy atom. The maximum absolute atomic E-state index is 13.1. The zero-order chi connectivity index (χ0) is 20.1. The molecule has 0 aromatic heterocycles. The number of ketones is 1. The van der Waals surface area contributed by atoms with Crippen LogP contribution in [0.5, 0.6) is 0 Å². The van der Waals surface area contributed by atoms with Gasteiger partial charge < -0.3 is 9.64 Å². The van der Waals surface area contributed by atoms with Gasteiger partial charge in [0, 0.05) is 25.1 Å². The molecule has 0 N–H and O–H groups in total. The molecule has 4 heteroatoms. The summed E-state index contributed by atoms with van der Waals surface area (Å²) in [6.07, 6.45) is 1.70. The normalized spacial score (nSPS) is 17.0. The number of likely N-dealkylation sites (tertiary alicyclic amines) is 1. The van der Waals surface area contributed by atoms with Crippen LogP contribution in [-0.4, -0.2) is 37.4 Å². The van der Waals surface area contributed by atoms with E-state index in [1.807, 2.05) is 0 Å². The molecule has 0 bridgehead atoms. The molecule has 150 valence electrons. The first kappa shape index (κ1) is 20.7. The summed E-state index contributed by atoms with van der Waals surface area (Å²) < 4.78 is 18.8. The molecule has 2 aromatic rings. The minimum atomic E-state index is -0.307. The number of hydrogen-bond donors (Lipinski definition) is 0. The lowest BCUT2D eigenvalue weighted by Gasteiger charge is -2.33. The van der Waals surface area contributed by atoms with Crippen molar-refractivity contribution in [2.24, 2.45) is 5.92 Å². The van der Waals surface area contributed by atoms with Gasteiger partial charge >= 0.3 is 0 Å². The number of ether oxygens (including phenoxy) is 1. The van der Waals surface area contributed by atoms with Crippen molar-refractivity contribution in [3.63, 3.8) is 0 Å². The predicted molar refractivity (Wildman–Crippen MR) is 110 cm³/mol. The SMILES string of the molecule is CO[C@H](CN1CCC(C(=O)c2ccc(F)cc2)CC1)c1ccc(C(C)C)cc1. The van der Waals surface area contributed by atoms with E-state index in [1.165, 1.54) is 23.3 Å². The van der Waals surface area contributed by atoms with Crippen molar-refractivity contribution >= 4 is 5.78 Å². The standard InChI is InChI=1S/C24H30FNO2/c1-17(2)18-4-6-19(7-5-18)23(28-3)16-26-14-12-21(13-15-26)24(27)20-8-10-22(25)11-9-20/h4-11,17,21,23H,12-16H2,1-3H3/t23-/m1/s1. The Bertz CT molecular complexity index is 762. The number of Topliss-reactive ketones (excluding diaryl/α,β-unsaturated/α-hetero) is 1. The van der Waals surface area contributed by atoms with Crippen LogP contribution >= 0.6 is 0 Å². The average molecular weight is 384 g/mol. The summed E-state index contributed by atoms with van der Waals surface area (Å²) in [5, 5.41) is 0. The lowest BCUT2D eigenvalue weighted by molar-refractivity contribution is 0.0485. The van der Waals surface area contributed by atoms with Crippen LogP contribution < -0.4 is 0 Å². The van der Waals surface area contributed by atoms with Gasteiger partial charge in [-0.25, -0.2) is 4.39 Å². The van der Waals surface area contributed by atoms with Crippen LogP contribution in [0.2, 0.25) is 0 Å². The van der Waals surface area contributed by atoms with Gasteiger partial charge in [-0.2, -0.15) is 0 Å². The highest BCUT2D eigenvalue weighted by Crippen LogP contribution is 2.26. The largest absolute Gasteiger partial charge is 0.375 e. The molecule has 0 spiro atoms. The number of carbonyl (C=O) groups is 1. The van der Waals surface area contributed by atoms with Crippen molar-refractivity contribution in [3.05, 3.63) is 71.0 Å². The molecule has 1 saturated heterocycles. The van der Waals surface area contributed by atoms with Gasteiger partial charge in [-0.05, 0) is 67.2 Å². The molecule has 28 heavy (non-hydrogen) atoms. The van der Waals surface area contributed by atoms with Gasteiger partial charge in [0.15, 0.2) is 5.78 Å². The highest BCUT2D eigenvalue weighted by atomic mass is 19.1. The second-order valence-electron chi connectivity index (χ2n) is 7.99. The smallest absolute Gasteiger partial charge is 0.166 e. The number of nitrogens with zero attached hydrogens (tertiary/aromatic N) is 1. The summed E-state index contributed by atoms with van der Waals surface area (Å²) in [5.74, 6) is 0.367. The third kappa shape index (κ3) is 5.06. The number of benzene rings is 2. The third-order valence-corrected chi connectivity index (χ3v) is 5.77. The summed E-state index contributed by atoms with van der Waals surface area (Å²) in [5.41, 5.74) is 3.13. The van der Waals surface area contributed by atoms with Crippen LogP contribution in [0, 0.1) is 11.7 Å². The van der Waals surface area contributed by atoms with E-state index in [9.17, 15) is 9.18 Å². The molecule has 3 nitrogen and oxygen atoms in total. The fourth-order valence-electron chi connectivity index (χ4n) is 3.87. The minimum absolute atomic E-state index is 0.0213. The van der Waals surface area contributed by atoms with Gasteiger partial charge in [0.2, 0.25) is 0 Å². The fourth-order valence-corrected chi connectivity index (χ4v) is 3.87. The van der Waals surface area contributed by atoms with Gasteiger partial charge in [0.05, 0.1) is 6.10 Å². The van der Waals surface area contributed by atoms with Crippen molar-refractivity contribution in [2.75, 3.05) is 26.7 Å². The second-order valence-corrected chi connectivity index (χ2v) is 7.99. The molecule has 0 saturated carbocycles. The molecule has 0 unspecified atom stereocenters. The molecular weight excluding hydrogens is 353 g/mol. The Hall–Kier alpha value is -2.04. The van der Waals surface area contributed by atoms with Gasteiger partial charge in [-0.1, -0.05) is 38.1 Å². The predicted octanol–water partition coefficient (Wildman–Crippen LogP) is 5.23. The molecule has 1 aliphatic rings. The fraction of sp³-hybridized carbons (Fsp3) is 0.458. The first-order valence-electron chi connectivity index (χ1n) is 10.1. The van der Waals surface area contributed by atoms with Crippen molar-refractivity contribution in [3.8, 4) is 0 Å². The molecule has 3 rings (SSSR count). The van der Waals surface area contributed by atoms with Crippen LogP contribution in [0.1, 0.15) is 60.2 Å². The number of halogens is 1. The Labute approximate surface area is 167 Å². The molecule has 0 amide bonds. The number of carbonyl (C=O) groups excluding carboxylic acids is 1. The lowest BCUT2D eigenvalue weighted by atomic mass is 9.88. The van der Waals surface area contributed by atoms with E-state index in [1.54, 1.807) is 19.2 Å². The van der Waals surface area contributed by atoms with E-state index in [-0.39, 0.29) is 23.6 Å². The van der Waals surface area contributed by atoms with Gasteiger partial charge in [0.25, 0.3) is 0 Å². The van der Waals surface area contributed by atoms with Crippen LogP contribution in [0.4, 0.5) is 4.39 Å². The molecule has 2 aromatic carbocycles. The number of methoxy groups -OCH3 is 1. The van der Waals surface area contributed by atoms with Gasteiger partial charge in [0.1, 0.15) is 5.82 Å². The summed E-state index contributed by atoms with van der Waals surface area (Å²) in [7, 11) is 1.76. The molecular formula is C24H30FNO2. The molecule has 1 atom stereocenters. The Morgan fingerprint density at radius 2 is 1.61 bits per heavy atom. The molecule has 0 radical (unpaired) electrons. The highest BCUT2D eigenvalue weighted by Gasteiger charge is 2.27. The molecule has 0 aliphatic carbocycles. The summed E-state index contributed by atoms with van der Waals surface area (Å²) in [6.45, 7) is 6.97. The maximum Gasteiger partial charge on any atom is 0.166 e. The summed E-state index contributed by atoms with van der Waals surface area (Å²) >= 11 is 0. The molecule has 1 aliphatic heterocycles. The first-order chi connectivity index (χ1) is 13.5. The van der Waals surface area contributed by atoms with Crippen molar-refractivity contribution < 1.29 is 13.9 Å². The van der Waals surface area contributed by atoms with E-state index in [2.05, 4.69) is 43.0 Å². The first-order valence-corrected chi connectivity index (χ1v) is 10.1. The van der Waals surface area contributed by atoms with E-state index in [4.69, 9.17) is 4.74 Å². The Kier molecular flexibility index (Phi) is 6.97. The highest BCUT2D eigenvalue weighted by molar-refractivity contribution is 5.97. The lowest BCUT2D eigenvalue weighted by Crippen LogP contribution is -2.39. The van der Waals surface area contributed by atoms with Crippen LogP contribution in [-0.2, 0) is 4.74 Å². The Morgan fingerprint density at radius 1 is 1.04 bits per heavy atom. The third-order valence-electron chi connectivity index (χ3n) is 5.77. The second kappa shape index (κ2) is 9.44. The minimum Gasteiger partial charge on any atom is -0.375 e. The van der Waals surface area contributed by atoms with Crippen molar-refractivity contribution in [2.45, 2.75) is 38.7 Å². The van der Waals surface area contributed by atoms with E-state index >= 15 is 0 Å². The van der Waals surface area contributed by atoms with Crippen LogP contribution in [0.3, 0.4) is 0 Å². The summed E-state index contributed by atoms with van der Waals surface area (Å²) in [4.78, 5) is 15.0. The van der Waals surface area contributed by atoms with Gasteiger partial charge in [-0.3, -0.25) is 4.79 Å². The van der Waals surface area contributed by atoms with Crippen molar-refractivity contribution in [1.82, 2.24) is 4.90 Å². The number of piperidine rings is 1. The molecule has 1 heterocycles. The van der Waals surface area contributed by atoms with E-state index < -0.39 is 0 Å². The zero-order valence-corrected chi connectivity index (χ0v) is 17.0. The zero-order valence-electron chi connectivity index (χ0n) is 17.0. The van der Waals surface area contributed by atoms with Gasteiger partial charge in [-0.15, -0.1) is 0 Å². The van der Waals surface area contributed by atoms with Crippen LogP contribution in [0.25, 0.3) is 0 Å². The topological polar surface area (TPSA) is 29.5 Å². The maximum atomic E-state index is 13.1. The van der Waals surface area contributed by atoms with E-state index in [0.29, 0.717) is 11.5 Å².